The van der Waals surface area contributed by atoms with E-state index in [-0.39, 0.29) is 6.10 Å². The van der Waals surface area contributed by atoms with Crippen molar-refractivity contribution in [3.63, 3.8) is 0 Å². The minimum absolute atomic E-state index is 0.0601. The molecule has 1 aromatic heterocycles. The summed E-state index contributed by atoms with van der Waals surface area (Å²) in [5.41, 5.74) is 1.06. The molecule has 0 aliphatic rings. The van der Waals surface area contributed by atoms with Gasteiger partial charge < -0.3 is 9.72 Å². The van der Waals surface area contributed by atoms with E-state index in [0.29, 0.717) is 4.64 Å². The van der Waals surface area contributed by atoms with E-state index in [1.165, 1.54) is 0 Å². The van der Waals surface area contributed by atoms with Gasteiger partial charge in [-0.3, -0.25) is 0 Å². The molecule has 14 heavy (non-hydrogen) atoms. The highest BCUT2D eigenvalue weighted by molar-refractivity contribution is 9.10. The highest BCUT2D eigenvalue weighted by Gasteiger charge is 2.09. The van der Waals surface area contributed by atoms with E-state index in [4.69, 9.17) is 17.0 Å². The van der Waals surface area contributed by atoms with Crippen molar-refractivity contribution in [2.75, 3.05) is 7.11 Å². The predicted molar refractivity (Wildman–Crippen MR) is 61.9 cm³/mol. The highest BCUT2D eigenvalue weighted by Crippen LogP contribution is 2.19. The molecule has 1 atom stereocenters. The number of methoxy groups -OCH3 is 1. The Bertz CT molecular complexity index is 378. The van der Waals surface area contributed by atoms with Crippen molar-refractivity contribution in [2.45, 2.75) is 26.4 Å². The number of hydrogen-bond acceptors (Lipinski definition) is 3. The van der Waals surface area contributed by atoms with Crippen molar-refractivity contribution in [2.24, 2.45) is 0 Å². The van der Waals surface area contributed by atoms with Gasteiger partial charge in [-0.05, 0) is 29.3 Å². The Morgan fingerprint density at radius 3 is 2.79 bits per heavy atom. The zero-order chi connectivity index (χ0) is 10.7. The van der Waals surface area contributed by atoms with Crippen LogP contribution in [0.2, 0.25) is 0 Å². The molecule has 3 nitrogen and oxygen atoms in total. The van der Waals surface area contributed by atoms with Crippen molar-refractivity contribution in [3.05, 3.63) is 20.6 Å². The van der Waals surface area contributed by atoms with Gasteiger partial charge in [0.25, 0.3) is 0 Å². The maximum absolute atomic E-state index is 5.18. The van der Waals surface area contributed by atoms with Crippen molar-refractivity contribution < 1.29 is 4.74 Å². The van der Waals surface area contributed by atoms with Gasteiger partial charge in [-0.25, -0.2) is 4.98 Å². The Labute approximate surface area is 97.0 Å². The quantitative estimate of drug-likeness (QED) is 0.862. The van der Waals surface area contributed by atoms with Gasteiger partial charge in [0, 0.05) is 12.8 Å². The molecule has 0 saturated carbocycles. The molecular weight excluding hydrogens is 264 g/mol. The molecule has 0 aliphatic heterocycles. The smallest absolute Gasteiger partial charge is 0.144 e. The first kappa shape index (κ1) is 11.8. The summed E-state index contributed by atoms with van der Waals surface area (Å²) in [6, 6.07) is 0. The number of aromatic nitrogens is 2. The third-order valence-corrected chi connectivity index (χ3v) is 3.46. The fourth-order valence-corrected chi connectivity index (χ4v) is 1.76. The van der Waals surface area contributed by atoms with Crippen LogP contribution in [-0.4, -0.2) is 17.1 Å². The first-order valence-corrected chi connectivity index (χ1v) is 5.61. The van der Waals surface area contributed by atoms with Crippen LogP contribution in [-0.2, 0) is 11.2 Å². The number of nitrogens with zero attached hydrogens (tertiary/aromatic N) is 1. The lowest BCUT2D eigenvalue weighted by molar-refractivity contribution is 0.111. The van der Waals surface area contributed by atoms with Crippen LogP contribution in [0, 0.1) is 4.64 Å². The SMILES string of the molecule is CCc1[nH]c(C(C)OC)nc(=S)c1Br. The maximum atomic E-state index is 5.18. The third-order valence-electron chi connectivity index (χ3n) is 2.05. The van der Waals surface area contributed by atoms with E-state index in [9.17, 15) is 0 Å². The molecule has 0 amide bonds. The molecule has 0 saturated heterocycles. The molecule has 1 rings (SSSR count). The van der Waals surface area contributed by atoms with Crippen molar-refractivity contribution >= 4 is 28.1 Å². The summed E-state index contributed by atoms with van der Waals surface area (Å²) in [4.78, 5) is 7.44. The fraction of sp³-hybridized carbons (Fsp3) is 0.556. The summed E-state index contributed by atoms with van der Waals surface area (Å²) in [5, 5.41) is 0. The van der Waals surface area contributed by atoms with Gasteiger partial charge in [-0.15, -0.1) is 0 Å². The van der Waals surface area contributed by atoms with Crippen LogP contribution in [0.5, 0.6) is 0 Å². The van der Waals surface area contributed by atoms with Crippen LogP contribution in [0.3, 0.4) is 0 Å². The van der Waals surface area contributed by atoms with Crippen LogP contribution in [0.4, 0.5) is 0 Å². The number of halogens is 1. The first-order chi connectivity index (χ1) is 6.60. The Hall–Kier alpha value is -0.260. The molecule has 1 N–H and O–H groups in total. The molecule has 78 valence electrons. The highest BCUT2D eigenvalue weighted by atomic mass is 79.9. The zero-order valence-corrected chi connectivity index (χ0v) is 10.8. The van der Waals surface area contributed by atoms with Crippen LogP contribution in [0.15, 0.2) is 4.47 Å². The van der Waals surface area contributed by atoms with E-state index >= 15 is 0 Å². The number of rotatable bonds is 3. The number of aryl methyl sites for hydroxylation is 1. The van der Waals surface area contributed by atoms with Gasteiger partial charge in [0.1, 0.15) is 16.6 Å². The van der Waals surface area contributed by atoms with Crippen molar-refractivity contribution in [3.8, 4) is 0 Å². The second-order valence-corrected chi connectivity index (χ2v) is 4.13. The fourth-order valence-electron chi connectivity index (χ4n) is 1.07. The van der Waals surface area contributed by atoms with Gasteiger partial charge >= 0.3 is 0 Å². The Morgan fingerprint density at radius 1 is 1.64 bits per heavy atom. The Kier molecular flexibility index (Phi) is 4.22. The van der Waals surface area contributed by atoms with Crippen LogP contribution in [0.1, 0.15) is 31.5 Å². The predicted octanol–water partition coefficient (Wildman–Crippen LogP) is 3.17. The van der Waals surface area contributed by atoms with E-state index < -0.39 is 0 Å². The zero-order valence-electron chi connectivity index (χ0n) is 8.43. The number of aromatic amines is 1. The molecule has 1 heterocycles. The van der Waals surface area contributed by atoms with Gasteiger partial charge in [0.05, 0.1) is 4.47 Å². The first-order valence-electron chi connectivity index (χ1n) is 4.41. The van der Waals surface area contributed by atoms with Gasteiger partial charge in [0.2, 0.25) is 0 Å². The molecule has 0 fully saturated rings. The van der Waals surface area contributed by atoms with Gasteiger partial charge in [0.15, 0.2) is 0 Å². The second kappa shape index (κ2) is 5.00. The maximum Gasteiger partial charge on any atom is 0.144 e. The van der Waals surface area contributed by atoms with E-state index in [2.05, 4.69) is 32.8 Å². The molecule has 0 aliphatic carbocycles. The van der Waals surface area contributed by atoms with Crippen molar-refractivity contribution in [1.82, 2.24) is 9.97 Å². The van der Waals surface area contributed by atoms with E-state index in [0.717, 1.165) is 22.4 Å². The summed E-state index contributed by atoms with van der Waals surface area (Å²) in [6.07, 6.45) is 0.825. The molecule has 0 radical (unpaired) electrons. The summed E-state index contributed by atoms with van der Waals surface area (Å²) >= 11 is 8.53. The van der Waals surface area contributed by atoms with Gasteiger partial charge in [-0.2, -0.15) is 0 Å². The normalized spacial score (nSPS) is 12.9. The molecule has 0 bridgehead atoms. The van der Waals surface area contributed by atoms with E-state index in [1.807, 2.05) is 6.92 Å². The lowest BCUT2D eigenvalue weighted by Crippen LogP contribution is -2.06. The van der Waals surface area contributed by atoms with Crippen molar-refractivity contribution in [1.29, 1.82) is 0 Å². The minimum Gasteiger partial charge on any atom is -0.374 e. The molecular formula is C9H13BrN2OS. The number of ether oxygens (including phenoxy) is 1. The Morgan fingerprint density at radius 2 is 2.29 bits per heavy atom. The topological polar surface area (TPSA) is 37.9 Å². The third kappa shape index (κ3) is 2.40. The summed E-state index contributed by atoms with van der Waals surface area (Å²) in [7, 11) is 1.65. The second-order valence-electron chi connectivity index (χ2n) is 2.95. The molecule has 5 heteroatoms. The van der Waals surface area contributed by atoms with E-state index in [1.54, 1.807) is 7.11 Å². The molecule has 1 aromatic rings. The average Bonchev–Trinajstić information content (AvgIpc) is 2.20. The number of hydrogen-bond donors (Lipinski definition) is 1. The summed E-state index contributed by atoms with van der Waals surface area (Å²) in [5.74, 6) is 0.776. The van der Waals surface area contributed by atoms with Crippen LogP contribution < -0.4 is 0 Å². The number of H-pyrrole nitrogens is 1. The summed E-state index contributed by atoms with van der Waals surface area (Å²) in [6.45, 7) is 3.99. The molecule has 1 unspecified atom stereocenters. The molecule has 0 aromatic carbocycles. The lowest BCUT2D eigenvalue weighted by atomic mass is 10.3. The monoisotopic (exact) mass is 276 g/mol. The largest absolute Gasteiger partial charge is 0.374 e. The minimum atomic E-state index is -0.0601. The van der Waals surface area contributed by atoms with Crippen LogP contribution >= 0.6 is 28.1 Å². The summed E-state index contributed by atoms with van der Waals surface area (Å²) < 4.78 is 6.63. The lowest BCUT2D eigenvalue weighted by Gasteiger charge is -2.11. The Balaban J connectivity index is 3.23. The van der Waals surface area contributed by atoms with Gasteiger partial charge in [-0.1, -0.05) is 19.1 Å². The molecule has 0 spiro atoms. The standard InChI is InChI=1S/C9H13BrN2OS/c1-4-6-7(10)9(14)12-8(11-6)5(2)13-3/h5H,4H2,1-3H3,(H,11,12,14). The van der Waals surface area contributed by atoms with Crippen LogP contribution in [0.25, 0.3) is 0 Å². The average molecular weight is 277 g/mol. The number of nitrogens with one attached hydrogen (secondary N) is 1.